The fraction of sp³-hybridized carbons (Fsp3) is 0.526. The van der Waals surface area contributed by atoms with E-state index < -0.39 is 5.41 Å². The van der Waals surface area contributed by atoms with Gasteiger partial charge in [-0.15, -0.1) is 0 Å². The van der Waals surface area contributed by atoms with Gasteiger partial charge in [0.15, 0.2) is 0 Å². The van der Waals surface area contributed by atoms with Gasteiger partial charge >= 0.3 is 0 Å². The van der Waals surface area contributed by atoms with Crippen LogP contribution in [-0.2, 0) is 20.8 Å². The van der Waals surface area contributed by atoms with Gasteiger partial charge in [-0.05, 0) is 18.1 Å². The van der Waals surface area contributed by atoms with Crippen molar-refractivity contribution in [3.05, 3.63) is 29.8 Å². The van der Waals surface area contributed by atoms with Gasteiger partial charge in [-0.1, -0.05) is 45.9 Å². The molecule has 6 nitrogen and oxygen atoms in total. The van der Waals surface area contributed by atoms with E-state index >= 15 is 0 Å². The molecular formula is C19H29N3O3. The van der Waals surface area contributed by atoms with E-state index in [9.17, 15) is 14.4 Å². The predicted octanol–water partition coefficient (Wildman–Crippen LogP) is 2.20. The Balaban J connectivity index is 2.44. The molecule has 0 unspecified atom stereocenters. The van der Waals surface area contributed by atoms with E-state index in [1.54, 1.807) is 7.05 Å². The van der Waals surface area contributed by atoms with Crippen molar-refractivity contribution in [3.63, 3.8) is 0 Å². The molecule has 0 atom stereocenters. The van der Waals surface area contributed by atoms with Crippen LogP contribution in [0.1, 0.15) is 39.7 Å². The van der Waals surface area contributed by atoms with Crippen LogP contribution in [0.2, 0.25) is 0 Å². The smallest absolute Gasteiger partial charge is 0.243 e. The first kappa shape index (κ1) is 20.7. The molecule has 0 saturated heterocycles. The minimum Gasteiger partial charge on any atom is -0.355 e. The van der Waals surface area contributed by atoms with Gasteiger partial charge in [0.25, 0.3) is 0 Å². The molecule has 1 aromatic rings. The number of benzene rings is 1. The molecular weight excluding hydrogens is 318 g/mol. The van der Waals surface area contributed by atoms with Crippen LogP contribution in [0.5, 0.6) is 0 Å². The van der Waals surface area contributed by atoms with Crippen LogP contribution in [-0.4, -0.2) is 42.8 Å². The number of likely N-dealkylation sites (N-methyl/N-ethyl adjacent to an activating group) is 1. The molecule has 1 rings (SSSR count). The first-order valence-corrected chi connectivity index (χ1v) is 8.55. The maximum Gasteiger partial charge on any atom is 0.243 e. The fourth-order valence-electron chi connectivity index (χ4n) is 2.18. The molecule has 0 bridgehead atoms. The normalized spacial score (nSPS) is 10.9. The zero-order valence-corrected chi connectivity index (χ0v) is 15.8. The Morgan fingerprint density at radius 2 is 1.76 bits per heavy atom. The number of anilines is 1. The maximum absolute atomic E-state index is 12.1. The van der Waals surface area contributed by atoms with Crippen molar-refractivity contribution in [2.75, 3.05) is 25.5 Å². The molecule has 0 heterocycles. The summed E-state index contributed by atoms with van der Waals surface area (Å²) < 4.78 is 0. The SMILES string of the molecule is CCc1ccccc1NC(=O)CN(C)C(=O)CCNC(=O)C(C)(C)C. The highest BCUT2D eigenvalue weighted by Crippen LogP contribution is 2.15. The Labute approximate surface area is 150 Å². The number of amides is 3. The van der Waals surface area contributed by atoms with Crippen LogP contribution in [0.15, 0.2) is 24.3 Å². The number of nitrogens with one attached hydrogen (secondary N) is 2. The first-order valence-electron chi connectivity index (χ1n) is 8.55. The lowest BCUT2D eigenvalue weighted by molar-refractivity contribution is -0.133. The second-order valence-electron chi connectivity index (χ2n) is 7.06. The number of nitrogens with zero attached hydrogens (tertiary/aromatic N) is 1. The van der Waals surface area contributed by atoms with E-state index in [0.717, 1.165) is 17.7 Å². The van der Waals surface area contributed by atoms with Gasteiger partial charge in [0, 0.05) is 31.1 Å². The van der Waals surface area contributed by atoms with E-state index in [2.05, 4.69) is 10.6 Å². The molecule has 3 amide bonds. The monoisotopic (exact) mass is 347 g/mol. The molecule has 138 valence electrons. The van der Waals surface area contributed by atoms with Crippen molar-refractivity contribution >= 4 is 23.4 Å². The van der Waals surface area contributed by atoms with Crippen LogP contribution in [0.25, 0.3) is 0 Å². The quantitative estimate of drug-likeness (QED) is 0.794. The van der Waals surface area contributed by atoms with Gasteiger partial charge in [0.2, 0.25) is 17.7 Å². The zero-order valence-electron chi connectivity index (χ0n) is 15.8. The largest absolute Gasteiger partial charge is 0.355 e. The molecule has 0 radical (unpaired) electrons. The molecule has 0 aliphatic heterocycles. The van der Waals surface area contributed by atoms with E-state index in [-0.39, 0.29) is 37.2 Å². The molecule has 0 fully saturated rings. The lowest BCUT2D eigenvalue weighted by Gasteiger charge is -2.20. The highest BCUT2D eigenvalue weighted by molar-refractivity contribution is 5.95. The van der Waals surface area contributed by atoms with Crippen molar-refractivity contribution < 1.29 is 14.4 Å². The maximum atomic E-state index is 12.1. The van der Waals surface area contributed by atoms with Gasteiger partial charge in [0.1, 0.15) is 0 Å². The molecule has 25 heavy (non-hydrogen) atoms. The minimum atomic E-state index is -0.485. The Kier molecular flexibility index (Phi) is 7.61. The lowest BCUT2D eigenvalue weighted by Crippen LogP contribution is -2.39. The number of rotatable bonds is 7. The number of carbonyl (C=O) groups is 3. The predicted molar refractivity (Wildman–Crippen MR) is 99.2 cm³/mol. The third-order valence-corrected chi connectivity index (χ3v) is 3.78. The molecule has 0 aromatic heterocycles. The summed E-state index contributed by atoms with van der Waals surface area (Å²) in [7, 11) is 1.58. The standard InChI is InChI=1S/C19H29N3O3/c1-6-14-9-7-8-10-15(14)21-16(23)13-22(5)17(24)11-12-20-18(25)19(2,3)4/h7-10H,6,11-13H2,1-5H3,(H,20,25)(H,21,23). The molecule has 0 aliphatic carbocycles. The van der Waals surface area contributed by atoms with E-state index in [0.29, 0.717) is 0 Å². The summed E-state index contributed by atoms with van der Waals surface area (Å²) >= 11 is 0. The molecule has 1 aromatic carbocycles. The van der Waals surface area contributed by atoms with Crippen LogP contribution in [0.4, 0.5) is 5.69 Å². The number of para-hydroxylation sites is 1. The summed E-state index contributed by atoms with van der Waals surface area (Å²) in [6.07, 6.45) is 0.982. The van der Waals surface area contributed by atoms with E-state index in [1.807, 2.05) is 52.0 Å². The van der Waals surface area contributed by atoms with Crippen LogP contribution in [0, 0.1) is 5.41 Å². The number of hydrogen-bond acceptors (Lipinski definition) is 3. The molecule has 2 N–H and O–H groups in total. The van der Waals surface area contributed by atoms with Crippen molar-refractivity contribution in [1.82, 2.24) is 10.2 Å². The highest BCUT2D eigenvalue weighted by atomic mass is 16.2. The van der Waals surface area contributed by atoms with Crippen molar-refractivity contribution in [2.24, 2.45) is 5.41 Å². The van der Waals surface area contributed by atoms with Gasteiger partial charge in [-0.25, -0.2) is 0 Å². The Morgan fingerprint density at radius 1 is 1.12 bits per heavy atom. The number of carbonyl (C=O) groups excluding carboxylic acids is 3. The third kappa shape index (κ3) is 6.95. The van der Waals surface area contributed by atoms with Crippen LogP contribution in [0.3, 0.4) is 0 Å². The summed E-state index contributed by atoms with van der Waals surface area (Å²) in [5.74, 6) is -0.527. The summed E-state index contributed by atoms with van der Waals surface area (Å²) in [5, 5.41) is 5.57. The van der Waals surface area contributed by atoms with Crippen molar-refractivity contribution in [3.8, 4) is 0 Å². The molecule has 0 saturated carbocycles. The molecule has 0 spiro atoms. The van der Waals surface area contributed by atoms with Crippen LogP contribution >= 0.6 is 0 Å². The lowest BCUT2D eigenvalue weighted by atomic mass is 9.96. The van der Waals surface area contributed by atoms with Crippen molar-refractivity contribution in [1.29, 1.82) is 0 Å². The van der Waals surface area contributed by atoms with Gasteiger partial charge in [0.05, 0.1) is 6.54 Å². The summed E-state index contributed by atoms with van der Waals surface area (Å²) in [6, 6.07) is 7.60. The summed E-state index contributed by atoms with van der Waals surface area (Å²) in [5.41, 5.74) is 1.34. The van der Waals surface area contributed by atoms with Gasteiger partial charge in [-0.3, -0.25) is 14.4 Å². The topological polar surface area (TPSA) is 78.5 Å². The molecule has 6 heteroatoms. The van der Waals surface area contributed by atoms with Gasteiger partial charge < -0.3 is 15.5 Å². The second kappa shape index (κ2) is 9.20. The number of hydrogen-bond donors (Lipinski definition) is 2. The van der Waals surface area contributed by atoms with E-state index in [1.165, 1.54) is 4.90 Å². The highest BCUT2D eigenvalue weighted by Gasteiger charge is 2.21. The first-order chi connectivity index (χ1) is 11.6. The Bertz CT molecular complexity index is 621. The molecule has 0 aliphatic rings. The average molecular weight is 347 g/mol. The van der Waals surface area contributed by atoms with Gasteiger partial charge in [-0.2, -0.15) is 0 Å². The Morgan fingerprint density at radius 3 is 2.36 bits per heavy atom. The number of aryl methyl sites for hydroxylation is 1. The summed E-state index contributed by atoms with van der Waals surface area (Å²) in [6.45, 7) is 7.70. The van der Waals surface area contributed by atoms with Crippen LogP contribution < -0.4 is 10.6 Å². The second-order valence-corrected chi connectivity index (χ2v) is 7.06. The fourth-order valence-corrected chi connectivity index (χ4v) is 2.18. The van der Waals surface area contributed by atoms with Crippen molar-refractivity contribution in [2.45, 2.75) is 40.5 Å². The summed E-state index contributed by atoms with van der Waals surface area (Å²) in [4.78, 5) is 37.3. The van der Waals surface area contributed by atoms with E-state index in [4.69, 9.17) is 0 Å². The average Bonchev–Trinajstić information content (AvgIpc) is 2.53. The third-order valence-electron chi connectivity index (χ3n) is 3.78. The zero-order chi connectivity index (χ0) is 19.0. The minimum absolute atomic E-state index is 0.0237. The Hall–Kier alpha value is -2.37.